The van der Waals surface area contributed by atoms with E-state index in [4.69, 9.17) is 9.47 Å². The molecule has 3 amide bonds. The molecule has 0 spiro atoms. The molecule has 0 bridgehead atoms. The van der Waals surface area contributed by atoms with Gasteiger partial charge in [-0.3, -0.25) is 9.59 Å². The highest BCUT2D eigenvalue weighted by molar-refractivity contribution is 5.99. The molecule has 0 aromatic heterocycles. The van der Waals surface area contributed by atoms with Gasteiger partial charge < -0.3 is 25.0 Å². The highest BCUT2D eigenvalue weighted by atomic mass is 16.6. The lowest BCUT2D eigenvalue weighted by Crippen LogP contribution is -2.53. The minimum Gasteiger partial charge on any atom is -0.497 e. The van der Waals surface area contributed by atoms with Gasteiger partial charge >= 0.3 is 6.09 Å². The summed E-state index contributed by atoms with van der Waals surface area (Å²) < 4.78 is 10.8. The molecule has 0 radical (unpaired) electrons. The minimum absolute atomic E-state index is 0.113. The lowest BCUT2D eigenvalue weighted by molar-refractivity contribution is -0.141. The number of benzene rings is 2. The van der Waals surface area contributed by atoms with Gasteiger partial charge in [0.2, 0.25) is 5.91 Å². The topological polar surface area (TPSA) is 97.0 Å². The van der Waals surface area contributed by atoms with Crippen molar-refractivity contribution in [1.82, 2.24) is 10.2 Å². The van der Waals surface area contributed by atoms with Crippen LogP contribution in [0.1, 0.15) is 109 Å². The fourth-order valence-electron chi connectivity index (χ4n) is 5.16. The van der Waals surface area contributed by atoms with Gasteiger partial charge in [0.15, 0.2) is 0 Å². The molecule has 8 heteroatoms. The Balaban J connectivity index is 2.56. The van der Waals surface area contributed by atoms with Gasteiger partial charge in [-0.2, -0.15) is 0 Å². The number of rotatable bonds is 16. The zero-order valence-electron chi connectivity index (χ0n) is 28.4. The maximum Gasteiger partial charge on any atom is 0.408 e. The molecule has 44 heavy (non-hydrogen) atoms. The number of unbranched alkanes of at least 4 members (excludes halogenated alkanes) is 5. The van der Waals surface area contributed by atoms with E-state index in [1.807, 2.05) is 45.9 Å². The van der Waals surface area contributed by atoms with Crippen LogP contribution < -0.4 is 15.4 Å². The van der Waals surface area contributed by atoms with Crippen molar-refractivity contribution in [1.29, 1.82) is 0 Å². The van der Waals surface area contributed by atoms with Crippen molar-refractivity contribution >= 4 is 23.6 Å². The number of anilines is 1. The monoisotopic (exact) mass is 609 g/mol. The Hall–Kier alpha value is -3.55. The van der Waals surface area contributed by atoms with Crippen molar-refractivity contribution in [2.24, 2.45) is 5.92 Å². The van der Waals surface area contributed by atoms with Crippen LogP contribution in [0.3, 0.4) is 0 Å². The number of carbonyl (C=O) groups excluding carboxylic acids is 3. The van der Waals surface area contributed by atoms with Crippen LogP contribution in [0.2, 0.25) is 0 Å². The van der Waals surface area contributed by atoms with Crippen molar-refractivity contribution in [3.05, 3.63) is 59.2 Å². The number of carbonyl (C=O) groups is 3. The fraction of sp³-hybridized carbons (Fsp3) is 0.583. The molecular weight excluding hydrogens is 554 g/mol. The molecule has 0 saturated heterocycles. The number of methoxy groups -OCH3 is 1. The minimum atomic E-state index is -0.907. The van der Waals surface area contributed by atoms with Gasteiger partial charge in [0.1, 0.15) is 23.4 Å². The molecule has 2 unspecified atom stereocenters. The molecule has 0 fully saturated rings. The molecule has 244 valence electrons. The maximum absolute atomic E-state index is 14.6. The summed E-state index contributed by atoms with van der Waals surface area (Å²) in [7, 11) is 1.59. The number of amides is 3. The highest BCUT2D eigenvalue weighted by Crippen LogP contribution is 2.30. The van der Waals surface area contributed by atoms with E-state index in [0.29, 0.717) is 24.4 Å². The Morgan fingerprint density at radius 2 is 1.55 bits per heavy atom. The van der Waals surface area contributed by atoms with E-state index in [2.05, 4.69) is 17.6 Å². The lowest BCUT2D eigenvalue weighted by Gasteiger charge is -2.35. The molecule has 0 aliphatic rings. The lowest BCUT2D eigenvalue weighted by atomic mass is 9.94. The molecule has 2 N–H and O–H groups in total. The third-order valence-electron chi connectivity index (χ3n) is 7.38. The Kier molecular flexibility index (Phi) is 14.7. The van der Waals surface area contributed by atoms with Crippen LogP contribution in [0, 0.1) is 19.8 Å². The Bertz CT molecular complexity index is 1200. The number of nitrogens with zero attached hydrogens (tertiary/aromatic N) is 1. The van der Waals surface area contributed by atoms with Crippen molar-refractivity contribution in [2.75, 3.05) is 19.0 Å². The van der Waals surface area contributed by atoms with Crippen LogP contribution in [0.5, 0.6) is 5.75 Å². The first-order valence-electron chi connectivity index (χ1n) is 16.1. The van der Waals surface area contributed by atoms with E-state index < -0.39 is 23.8 Å². The second-order valence-electron chi connectivity index (χ2n) is 13.1. The second kappa shape index (κ2) is 17.7. The summed E-state index contributed by atoms with van der Waals surface area (Å²) in [5.74, 6) is 0.179. The van der Waals surface area contributed by atoms with Crippen LogP contribution >= 0.6 is 0 Å². The average molecular weight is 610 g/mol. The fourth-order valence-corrected chi connectivity index (χ4v) is 5.16. The van der Waals surface area contributed by atoms with E-state index in [1.54, 1.807) is 57.0 Å². The zero-order valence-corrected chi connectivity index (χ0v) is 28.4. The SMILES string of the molecule is CCCCCCCCN(C(=O)C(CC(C)C)NC(=O)OC(C)(C)C)C(C(=O)Nc1ccc(OC)cc1)c1cc(C)ccc1C. The number of aryl methyl sites for hydroxylation is 2. The van der Waals surface area contributed by atoms with Crippen LogP contribution in [0.4, 0.5) is 10.5 Å². The van der Waals surface area contributed by atoms with Gasteiger partial charge in [-0.15, -0.1) is 0 Å². The molecule has 2 rings (SSSR count). The molecular formula is C36H55N3O5. The standard InChI is InChI=1S/C36H55N3O5/c1-10-11-12-13-14-15-22-39(34(41)31(23-25(2)3)38-35(42)44-36(6,7)8)32(30-24-26(4)16-17-27(30)5)33(40)37-28-18-20-29(43-9)21-19-28/h16-21,24-25,31-32H,10-15,22-23H2,1-9H3,(H,37,40)(H,38,42). The quantitative estimate of drug-likeness (QED) is 0.187. The Labute approximate surface area is 265 Å². The predicted molar refractivity (Wildman–Crippen MR) is 178 cm³/mol. The van der Waals surface area contributed by atoms with Gasteiger partial charge in [0, 0.05) is 12.2 Å². The van der Waals surface area contributed by atoms with Crippen LogP contribution in [0.15, 0.2) is 42.5 Å². The van der Waals surface area contributed by atoms with Gasteiger partial charge in [0.05, 0.1) is 7.11 Å². The number of alkyl carbamates (subject to hydrolysis) is 1. The van der Waals surface area contributed by atoms with Crippen molar-refractivity contribution < 1.29 is 23.9 Å². The third-order valence-corrected chi connectivity index (χ3v) is 7.38. The molecule has 2 aromatic rings. The van der Waals surface area contributed by atoms with E-state index in [9.17, 15) is 14.4 Å². The molecule has 8 nitrogen and oxygen atoms in total. The highest BCUT2D eigenvalue weighted by Gasteiger charge is 2.37. The first kappa shape index (κ1) is 36.6. The normalized spacial score (nSPS) is 12.8. The molecule has 2 atom stereocenters. The summed E-state index contributed by atoms with van der Waals surface area (Å²) in [5, 5.41) is 5.88. The Morgan fingerprint density at radius 3 is 2.14 bits per heavy atom. The van der Waals surface area contributed by atoms with Crippen LogP contribution in [0.25, 0.3) is 0 Å². The summed E-state index contributed by atoms with van der Waals surface area (Å²) in [4.78, 5) is 43.4. The summed E-state index contributed by atoms with van der Waals surface area (Å²) in [5.41, 5.74) is 2.55. The van der Waals surface area contributed by atoms with E-state index >= 15 is 0 Å². The largest absolute Gasteiger partial charge is 0.497 e. The third kappa shape index (κ3) is 12.2. The smallest absolute Gasteiger partial charge is 0.408 e. The van der Waals surface area contributed by atoms with Gasteiger partial charge in [-0.1, -0.05) is 76.6 Å². The molecule has 2 aromatic carbocycles. The molecule has 0 aliphatic heterocycles. The zero-order chi connectivity index (χ0) is 32.9. The van der Waals surface area contributed by atoms with Gasteiger partial charge in [-0.25, -0.2) is 4.79 Å². The van der Waals surface area contributed by atoms with Gasteiger partial charge in [0.25, 0.3) is 5.91 Å². The van der Waals surface area contributed by atoms with Crippen LogP contribution in [-0.2, 0) is 14.3 Å². The van der Waals surface area contributed by atoms with E-state index in [1.165, 1.54) is 6.42 Å². The molecule has 0 aliphatic carbocycles. The number of hydrogen-bond acceptors (Lipinski definition) is 5. The maximum atomic E-state index is 14.6. The molecule has 0 saturated carbocycles. The number of ether oxygens (including phenoxy) is 2. The average Bonchev–Trinajstić information content (AvgIpc) is 2.94. The first-order valence-corrected chi connectivity index (χ1v) is 16.1. The molecule has 0 heterocycles. The number of nitrogens with one attached hydrogen (secondary N) is 2. The van der Waals surface area contributed by atoms with Gasteiger partial charge in [-0.05, 0) is 88.8 Å². The van der Waals surface area contributed by atoms with Crippen molar-refractivity contribution in [3.8, 4) is 5.75 Å². The predicted octanol–water partition coefficient (Wildman–Crippen LogP) is 8.12. The number of hydrogen-bond donors (Lipinski definition) is 2. The summed E-state index contributed by atoms with van der Waals surface area (Å²) in [6.45, 7) is 15.9. The van der Waals surface area contributed by atoms with Crippen molar-refractivity contribution in [3.63, 3.8) is 0 Å². The summed E-state index contributed by atoms with van der Waals surface area (Å²) in [6.07, 6.45) is 5.97. The van der Waals surface area contributed by atoms with E-state index in [0.717, 1.165) is 48.8 Å². The Morgan fingerprint density at radius 1 is 0.909 bits per heavy atom. The first-order chi connectivity index (χ1) is 20.7. The van der Waals surface area contributed by atoms with E-state index in [-0.39, 0.29) is 17.7 Å². The second-order valence-corrected chi connectivity index (χ2v) is 13.1. The summed E-state index contributed by atoms with van der Waals surface area (Å²) >= 11 is 0. The summed E-state index contributed by atoms with van der Waals surface area (Å²) in [6, 6.07) is 11.3. The van der Waals surface area contributed by atoms with Crippen LogP contribution in [-0.4, -0.2) is 48.1 Å². The van der Waals surface area contributed by atoms with Crippen molar-refractivity contribution in [2.45, 2.75) is 118 Å².